The molecule has 2 aromatic carbocycles. The summed E-state index contributed by atoms with van der Waals surface area (Å²) in [5.41, 5.74) is 2.56. The van der Waals surface area contributed by atoms with Crippen LogP contribution in [0.1, 0.15) is 5.56 Å². The van der Waals surface area contributed by atoms with Gasteiger partial charge in [0.1, 0.15) is 5.82 Å². The molecule has 1 fully saturated rings. The van der Waals surface area contributed by atoms with Gasteiger partial charge in [-0.2, -0.15) is 5.10 Å². The highest BCUT2D eigenvalue weighted by atomic mass is 19.1. The van der Waals surface area contributed by atoms with Crippen LogP contribution in [0.15, 0.2) is 66.9 Å². The largest absolute Gasteiger partial charge is 0.337 e. The molecule has 0 radical (unpaired) electrons. The Morgan fingerprint density at radius 1 is 0.964 bits per heavy atom. The summed E-state index contributed by atoms with van der Waals surface area (Å²) in [5, 5.41) is 8.24. The van der Waals surface area contributed by atoms with Gasteiger partial charge in [-0.05, 0) is 17.7 Å². The molecule has 0 aliphatic carbocycles. The van der Waals surface area contributed by atoms with Crippen molar-refractivity contribution in [3.63, 3.8) is 0 Å². The van der Waals surface area contributed by atoms with E-state index in [1.807, 2.05) is 24.3 Å². The Morgan fingerprint density at radius 2 is 1.79 bits per heavy atom. The van der Waals surface area contributed by atoms with E-state index in [0.29, 0.717) is 17.2 Å². The van der Waals surface area contributed by atoms with Gasteiger partial charge in [0.25, 0.3) is 0 Å². The first kappa shape index (κ1) is 18.3. The number of benzene rings is 2. The number of hydrogen-bond donors (Lipinski definition) is 0. The molecule has 6 heteroatoms. The van der Waals surface area contributed by atoms with Crippen LogP contribution in [-0.2, 0) is 0 Å². The molecule has 0 atom stereocenters. The minimum atomic E-state index is -0.283. The van der Waals surface area contributed by atoms with E-state index in [1.54, 1.807) is 12.3 Å². The lowest BCUT2D eigenvalue weighted by molar-refractivity contribution is 0.282. The van der Waals surface area contributed by atoms with Crippen LogP contribution >= 0.6 is 0 Å². The zero-order chi connectivity index (χ0) is 19.2. The van der Waals surface area contributed by atoms with Crippen LogP contribution in [0, 0.1) is 5.82 Å². The van der Waals surface area contributed by atoms with Gasteiger partial charge in [-0.15, -0.1) is 5.10 Å². The molecule has 0 N–H and O–H groups in total. The van der Waals surface area contributed by atoms with Gasteiger partial charge in [0.2, 0.25) is 5.95 Å². The number of hydrogen-bond acceptors (Lipinski definition) is 5. The molecular weight excluding hydrogens is 353 g/mol. The Balaban J connectivity index is 1.35. The molecule has 1 aromatic heterocycles. The van der Waals surface area contributed by atoms with E-state index in [4.69, 9.17) is 0 Å². The maximum Gasteiger partial charge on any atom is 0.245 e. The average molecular weight is 375 g/mol. The summed E-state index contributed by atoms with van der Waals surface area (Å²) in [6, 6.07) is 16.7. The maximum atomic E-state index is 13.5. The topological polar surface area (TPSA) is 45.2 Å². The fraction of sp³-hybridized carbons (Fsp3) is 0.227. The van der Waals surface area contributed by atoms with Crippen molar-refractivity contribution in [2.45, 2.75) is 0 Å². The van der Waals surface area contributed by atoms with Gasteiger partial charge in [0, 0.05) is 38.3 Å². The van der Waals surface area contributed by atoms with Gasteiger partial charge in [0.05, 0.1) is 11.9 Å². The van der Waals surface area contributed by atoms with Crippen molar-refractivity contribution >= 4 is 12.0 Å². The summed E-state index contributed by atoms with van der Waals surface area (Å²) < 4.78 is 13.5. The monoisotopic (exact) mass is 375 g/mol. The van der Waals surface area contributed by atoms with E-state index in [2.05, 4.69) is 49.3 Å². The first-order valence-electron chi connectivity index (χ1n) is 9.42. The molecular formula is C22H22FN5. The highest BCUT2D eigenvalue weighted by Crippen LogP contribution is 2.19. The van der Waals surface area contributed by atoms with E-state index >= 15 is 0 Å². The van der Waals surface area contributed by atoms with Crippen molar-refractivity contribution in [1.82, 2.24) is 20.1 Å². The summed E-state index contributed by atoms with van der Waals surface area (Å²) >= 11 is 0. The lowest BCUT2D eigenvalue weighted by atomic mass is 10.1. The van der Waals surface area contributed by atoms with Crippen molar-refractivity contribution in [2.75, 3.05) is 37.6 Å². The van der Waals surface area contributed by atoms with Crippen LogP contribution in [0.2, 0.25) is 0 Å². The SMILES string of the molecule is Fc1cccc(-c2cnnc(N3CCN(C/C=C/c4ccccc4)CC3)n2)c1. The lowest BCUT2D eigenvalue weighted by Crippen LogP contribution is -2.47. The lowest BCUT2D eigenvalue weighted by Gasteiger charge is -2.33. The van der Waals surface area contributed by atoms with E-state index in [0.717, 1.165) is 32.7 Å². The molecule has 142 valence electrons. The minimum Gasteiger partial charge on any atom is -0.337 e. The molecule has 28 heavy (non-hydrogen) atoms. The predicted octanol–water partition coefficient (Wildman–Crippen LogP) is 3.51. The average Bonchev–Trinajstić information content (AvgIpc) is 2.75. The zero-order valence-electron chi connectivity index (χ0n) is 15.6. The Morgan fingerprint density at radius 3 is 2.57 bits per heavy atom. The van der Waals surface area contributed by atoms with Gasteiger partial charge in [0.15, 0.2) is 0 Å². The fourth-order valence-electron chi connectivity index (χ4n) is 3.25. The van der Waals surface area contributed by atoms with E-state index in [1.165, 1.54) is 17.7 Å². The standard InChI is InChI=1S/C22H22FN5/c23-20-10-4-9-19(16-20)21-17-24-26-22(25-21)28-14-12-27(13-15-28)11-5-8-18-6-2-1-3-7-18/h1-10,16-17H,11-15H2/b8-5+. The number of piperazine rings is 1. The normalized spacial score (nSPS) is 15.2. The first-order valence-corrected chi connectivity index (χ1v) is 9.42. The molecule has 2 heterocycles. The number of anilines is 1. The fourth-order valence-corrected chi connectivity index (χ4v) is 3.25. The van der Waals surface area contributed by atoms with Crippen molar-refractivity contribution in [3.8, 4) is 11.3 Å². The van der Waals surface area contributed by atoms with Crippen LogP contribution in [0.4, 0.5) is 10.3 Å². The van der Waals surface area contributed by atoms with Crippen molar-refractivity contribution < 1.29 is 4.39 Å². The predicted molar refractivity (Wildman–Crippen MR) is 109 cm³/mol. The maximum absolute atomic E-state index is 13.5. The Labute approximate surface area is 164 Å². The number of nitrogens with zero attached hydrogens (tertiary/aromatic N) is 5. The van der Waals surface area contributed by atoms with Crippen molar-refractivity contribution in [2.24, 2.45) is 0 Å². The molecule has 0 unspecified atom stereocenters. The zero-order valence-corrected chi connectivity index (χ0v) is 15.6. The molecule has 0 spiro atoms. The molecule has 1 aliphatic rings. The molecule has 0 bridgehead atoms. The van der Waals surface area contributed by atoms with Crippen molar-refractivity contribution in [1.29, 1.82) is 0 Å². The highest BCUT2D eigenvalue weighted by Gasteiger charge is 2.19. The van der Waals surface area contributed by atoms with E-state index < -0.39 is 0 Å². The molecule has 5 nitrogen and oxygen atoms in total. The summed E-state index contributed by atoms with van der Waals surface area (Å²) in [4.78, 5) is 9.12. The summed E-state index contributed by atoms with van der Waals surface area (Å²) in [6.45, 7) is 4.48. The van der Waals surface area contributed by atoms with Gasteiger partial charge >= 0.3 is 0 Å². The van der Waals surface area contributed by atoms with Crippen LogP contribution in [0.5, 0.6) is 0 Å². The second kappa shape index (κ2) is 8.71. The third kappa shape index (κ3) is 4.58. The second-order valence-electron chi connectivity index (χ2n) is 6.75. The van der Waals surface area contributed by atoms with Crippen LogP contribution < -0.4 is 4.90 Å². The summed E-state index contributed by atoms with van der Waals surface area (Å²) in [5.74, 6) is 0.316. The Kier molecular flexibility index (Phi) is 5.68. The number of aromatic nitrogens is 3. The minimum absolute atomic E-state index is 0.283. The van der Waals surface area contributed by atoms with Crippen LogP contribution in [0.3, 0.4) is 0 Å². The molecule has 0 amide bonds. The highest BCUT2D eigenvalue weighted by molar-refractivity contribution is 5.59. The van der Waals surface area contributed by atoms with Gasteiger partial charge in [-0.25, -0.2) is 9.37 Å². The van der Waals surface area contributed by atoms with Crippen molar-refractivity contribution in [3.05, 3.63) is 78.3 Å². The molecule has 0 saturated carbocycles. The Bertz CT molecular complexity index is 936. The summed E-state index contributed by atoms with van der Waals surface area (Å²) in [7, 11) is 0. The molecule has 4 rings (SSSR count). The van der Waals surface area contributed by atoms with Gasteiger partial charge < -0.3 is 4.90 Å². The molecule has 1 saturated heterocycles. The van der Waals surface area contributed by atoms with Crippen LogP contribution in [-0.4, -0.2) is 52.8 Å². The smallest absolute Gasteiger partial charge is 0.245 e. The quantitative estimate of drug-likeness (QED) is 0.683. The van der Waals surface area contributed by atoms with Crippen LogP contribution in [0.25, 0.3) is 17.3 Å². The number of rotatable bonds is 5. The Hall–Kier alpha value is -3.12. The van der Waals surface area contributed by atoms with Gasteiger partial charge in [-0.1, -0.05) is 54.6 Å². The first-order chi connectivity index (χ1) is 13.8. The van der Waals surface area contributed by atoms with Gasteiger partial charge in [-0.3, -0.25) is 4.90 Å². The molecule has 1 aliphatic heterocycles. The third-order valence-corrected chi connectivity index (χ3v) is 4.80. The van der Waals surface area contributed by atoms with E-state index in [-0.39, 0.29) is 5.82 Å². The second-order valence-corrected chi connectivity index (χ2v) is 6.75. The molecule has 3 aromatic rings. The third-order valence-electron chi connectivity index (χ3n) is 4.80. The van der Waals surface area contributed by atoms with E-state index in [9.17, 15) is 4.39 Å². The number of halogens is 1. The summed E-state index contributed by atoms with van der Waals surface area (Å²) in [6.07, 6.45) is 5.93.